The van der Waals surface area contributed by atoms with E-state index in [4.69, 9.17) is 0 Å². The minimum atomic E-state index is -4.65. The van der Waals surface area contributed by atoms with Crippen LogP contribution in [0.4, 0.5) is 13.2 Å². The van der Waals surface area contributed by atoms with Gasteiger partial charge < -0.3 is 10.3 Å². The number of aryl methyl sites for hydroxylation is 1. The van der Waals surface area contributed by atoms with Gasteiger partial charge in [-0.1, -0.05) is 36.8 Å². The zero-order chi connectivity index (χ0) is 22.9. The SMILES string of the molecule is Cn1nc(C(F)(F)F)cc1C(=O)NC(Cc1cc(=O)[nH]c(C2CCC2)n1)c1ccccc1. The number of nitrogens with zero attached hydrogens (tertiary/aromatic N) is 3. The number of aromatic amines is 1. The third kappa shape index (κ3) is 4.74. The van der Waals surface area contributed by atoms with E-state index in [0.717, 1.165) is 35.6 Å². The molecule has 7 nitrogen and oxygen atoms in total. The van der Waals surface area contributed by atoms with Crippen molar-refractivity contribution in [1.29, 1.82) is 0 Å². The highest BCUT2D eigenvalue weighted by atomic mass is 19.4. The predicted molar refractivity (Wildman–Crippen MR) is 110 cm³/mol. The molecule has 2 N–H and O–H groups in total. The molecular weight excluding hydrogens is 423 g/mol. The molecule has 2 heterocycles. The fourth-order valence-corrected chi connectivity index (χ4v) is 3.71. The van der Waals surface area contributed by atoms with Crippen LogP contribution in [0.15, 0.2) is 47.3 Å². The van der Waals surface area contributed by atoms with Crippen LogP contribution in [0.25, 0.3) is 0 Å². The van der Waals surface area contributed by atoms with Crippen LogP contribution >= 0.6 is 0 Å². The summed E-state index contributed by atoms with van der Waals surface area (Å²) in [5.74, 6) is 0.161. The van der Waals surface area contributed by atoms with Crippen molar-refractivity contribution in [2.45, 2.75) is 43.8 Å². The Morgan fingerprint density at radius 2 is 1.97 bits per heavy atom. The van der Waals surface area contributed by atoms with Gasteiger partial charge in [-0.05, 0) is 18.4 Å². The zero-order valence-corrected chi connectivity index (χ0v) is 17.3. The maximum absolute atomic E-state index is 13.0. The van der Waals surface area contributed by atoms with Gasteiger partial charge in [-0.15, -0.1) is 0 Å². The number of amides is 1. The summed E-state index contributed by atoms with van der Waals surface area (Å²) in [6, 6.07) is 10.5. The third-order valence-corrected chi connectivity index (χ3v) is 5.63. The second-order valence-corrected chi connectivity index (χ2v) is 7.93. The summed E-state index contributed by atoms with van der Waals surface area (Å²) >= 11 is 0. The van der Waals surface area contributed by atoms with Crippen molar-refractivity contribution in [3.8, 4) is 0 Å². The Morgan fingerprint density at radius 3 is 2.56 bits per heavy atom. The summed E-state index contributed by atoms with van der Waals surface area (Å²) in [7, 11) is 1.28. The van der Waals surface area contributed by atoms with Gasteiger partial charge >= 0.3 is 6.18 Å². The number of H-pyrrole nitrogens is 1. The van der Waals surface area contributed by atoms with Gasteiger partial charge in [-0.2, -0.15) is 18.3 Å². The molecule has 168 valence electrons. The van der Waals surface area contributed by atoms with Gasteiger partial charge in [0.1, 0.15) is 11.5 Å². The Labute approximate surface area is 181 Å². The van der Waals surface area contributed by atoms with Crippen molar-refractivity contribution < 1.29 is 18.0 Å². The molecule has 3 aromatic rings. The lowest BCUT2D eigenvalue weighted by molar-refractivity contribution is -0.141. The molecule has 1 atom stereocenters. The lowest BCUT2D eigenvalue weighted by Crippen LogP contribution is -2.32. The van der Waals surface area contributed by atoms with Crippen LogP contribution in [0.1, 0.15) is 64.5 Å². The van der Waals surface area contributed by atoms with E-state index in [0.29, 0.717) is 11.5 Å². The van der Waals surface area contributed by atoms with Gasteiger partial charge in [-0.3, -0.25) is 14.3 Å². The van der Waals surface area contributed by atoms with Crippen LogP contribution in [0.3, 0.4) is 0 Å². The van der Waals surface area contributed by atoms with Crippen LogP contribution in [0.2, 0.25) is 0 Å². The molecule has 0 radical (unpaired) electrons. The van der Waals surface area contributed by atoms with Crippen molar-refractivity contribution in [2.75, 3.05) is 0 Å². The van der Waals surface area contributed by atoms with E-state index in [-0.39, 0.29) is 23.6 Å². The minimum Gasteiger partial charge on any atom is -0.344 e. The molecule has 1 saturated carbocycles. The number of benzene rings is 1. The Hall–Kier alpha value is -3.43. The van der Waals surface area contributed by atoms with Crippen molar-refractivity contribution in [1.82, 2.24) is 25.1 Å². The van der Waals surface area contributed by atoms with Crippen LogP contribution in [-0.4, -0.2) is 25.7 Å². The second kappa shape index (κ2) is 8.60. The lowest BCUT2D eigenvalue weighted by Gasteiger charge is -2.25. The number of rotatable bonds is 6. The van der Waals surface area contributed by atoms with E-state index in [9.17, 15) is 22.8 Å². The van der Waals surface area contributed by atoms with Gasteiger partial charge in [0.2, 0.25) is 0 Å². The number of aromatic nitrogens is 4. The molecule has 0 bridgehead atoms. The van der Waals surface area contributed by atoms with E-state index in [2.05, 4.69) is 20.4 Å². The van der Waals surface area contributed by atoms with E-state index in [1.807, 2.05) is 6.07 Å². The first kappa shape index (κ1) is 21.8. The number of hydrogen-bond donors (Lipinski definition) is 2. The first-order valence-electron chi connectivity index (χ1n) is 10.3. The molecule has 1 aliphatic rings. The van der Waals surface area contributed by atoms with Crippen molar-refractivity contribution >= 4 is 5.91 Å². The highest BCUT2D eigenvalue weighted by molar-refractivity contribution is 5.93. The van der Waals surface area contributed by atoms with Gasteiger partial charge in [0, 0.05) is 31.5 Å². The molecule has 4 rings (SSSR count). The Balaban J connectivity index is 1.61. The van der Waals surface area contributed by atoms with Gasteiger partial charge in [0.25, 0.3) is 11.5 Å². The van der Waals surface area contributed by atoms with E-state index in [1.165, 1.54) is 13.1 Å². The highest BCUT2D eigenvalue weighted by Gasteiger charge is 2.35. The van der Waals surface area contributed by atoms with E-state index < -0.39 is 23.8 Å². The van der Waals surface area contributed by atoms with Crippen LogP contribution in [-0.2, 0) is 19.6 Å². The normalized spacial score (nSPS) is 15.2. The smallest absolute Gasteiger partial charge is 0.344 e. The summed E-state index contributed by atoms with van der Waals surface area (Å²) in [4.78, 5) is 32.4. The number of hydrogen-bond acceptors (Lipinski definition) is 4. The number of alkyl halides is 3. The molecule has 0 aliphatic heterocycles. The third-order valence-electron chi connectivity index (χ3n) is 5.63. The van der Waals surface area contributed by atoms with Gasteiger partial charge in [-0.25, -0.2) is 4.98 Å². The molecule has 0 saturated heterocycles. The Morgan fingerprint density at radius 1 is 1.25 bits per heavy atom. The van der Waals surface area contributed by atoms with Crippen molar-refractivity contribution in [2.24, 2.45) is 7.05 Å². The fourth-order valence-electron chi connectivity index (χ4n) is 3.71. The average Bonchev–Trinajstić information content (AvgIpc) is 3.09. The van der Waals surface area contributed by atoms with Crippen molar-refractivity contribution in [3.63, 3.8) is 0 Å². The first-order chi connectivity index (χ1) is 15.2. The molecule has 10 heteroatoms. The zero-order valence-electron chi connectivity index (χ0n) is 17.3. The topological polar surface area (TPSA) is 92.7 Å². The fraction of sp³-hybridized carbons (Fsp3) is 0.364. The summed E-state index contributed by atoms with van der Waals surface area (Å²) in [6.45, 7) is 0. The van der Waals surface area contributed by atoms with Crippen LogP contribution in [0.5, 0.6) is 0 Å². The molecule has 2 aromatic heterocycles. The lowest BCUT2D eigenvalue weighted by atomic mass is 9.85. The predicted octanol–water partition coefficient (Wildman–Crippen LogP) is 3.50. The second-order valence-electron chi connectivity index (χ2n) is 7.93. The monoisotopic (exact) mass is 445 g/mol. The molecule has 32 heavy (non-hydrogen) atoms. The maximum atomic E-state index is 13.0. The molecular formula is C22H22F3N5O2. The molecule has 1 fully saturated rings. The van der Waals surface area contributed by atoms with Crippen LogP contribution < -0.4 is 10.9 Å². The van der Waals surface area contributed by atoms with Gasteiger partial charge in [0.05, 0.1) is 11.7 Å². The quantitative estimate of drug-likeness (QED) is 0.608. The first-order valence-corrected chi connectivity index (χ1v) is 10.3. The maximum Gasteiger partial charge on any atom is 0.435 e. The average molecular weight is 445 g/mol. The largest absolute Gasteiger partial charge is 0.435 e. The molecule has 0 spiro atoms. The summed E-state index contributed by atoms with van der Waals surface area (Å²) in [6.07, 6.45) is -1.42. The molecule has 1 amide bonds. The number of nitrogens with one attached hydrogen (secondary N) is 2. The summed E-state index contributed by atoms with van der Waals surface area (Å²) in [5, 5.41) is 6.18. The van der Waals surface area contributed by atoms with Crippen molar-refractivity contribution in [3.05, 3.63) is 81.3 Å². The molecule has 1 aromatic carbocycles. The number of carbonyl (C=O) groups excluding carboxylic acids is 1. The van der Waals surface area contributed by atoms with Gasteiger partial charge in [0.15, 0.2) is 5.69 Å². The Bertz CT molecular complexity index is 1170. The minimum absolute atomic E-state index is 0.212. The van der Waals surface area contributed by atoms with E-state index >= 15 is 0 Å². The van der Waals surface area contributed by atoms with Crippen LogP contribution in [0, 0.1) is 0 Å². The Kier molecular flexibility index (Phi) is 5.86. The number of carbonyl (C=O) groups is 1. The molecule has 1 aliphatic carbocycles. The summed E-state index contributed by atoms with van der Waals surface area (Å²) < 4.78 is 39.9. The number of halogens is 3. The molecule has 1 unspecified atom stereocenters. The summed E-state index contributed by atoms with van der Waals surface area (Å²) in [5.41, 5.74) is -0.372. The van der Waals surface area contributed by atoms with E-state index in [1.54, 1.807) is 24.3 Å². The standard InChI is InChI=1S/C22H22F3N5O2/c1-30-17(12-18(29-30)22(23,24)25)21(32)27-16(13-6-3-2-4-7-13)10-15-11-19(31)28-20(26-15)14-8-5-9-14/h2-4,6-7,11-12,14,16H,5,8-10H2,1H3,(H,27,32)(H,26,28,31). The highest BCUT2D eigenvalue weighted by Crippen LogP contribution is 2.34.